The standard InChI is InChI=1S/C8H15N3/c1-4-8-10-5-7(6(2)3)11(8)9/h5-6H,4,9H2,1-3H3. The first-order valence-corrected chi connectivity index (χ1v) is 3.98. The van der Waals surface area contributed by atoms with Crippen molar-refractivity contribution in [1.29, 1.82) is 0 Å². The van der Waals surface area contributed by atoms with Crippen LogP contribution in [0.3, 0.4) is 0 Å². The highest BCUT2D eigenvalue weighted by atomic mass is 15.3. The fraction of sp³-hybridized carbons (Fsp3) is 0.625. The van der Waals surface area contributed by atoms with Gasteiger partial charge in [0.2, 0.25) is 0 Å². The quantitative estimate of drug-likeness (QED) is 0.650. The summed E-state index contributed by atoms with van der Waals surface area (Å²) < 4.78 is 1.69. The summed E-state index contributed by atoms with van der Waals surface area (Å²) in [6, 6.07) is 0. The number of nitrogens with two attached hydrogens (primary N) is 1. The Balaban J connectivity index is 3.00. The van der Waals surface area contributed by atoms with Gasteiger partial charge in [0, 0.05) is 6.42 Å². The van der Waals surface area contributed by atoms with Gasteiger partial charge in [0.25, 0.3) is 0 Å². The van der Waals surface area contributed by atoms with Crippen LogP contribution in [0.4, 0.5) is 0 Å². The van der Waals surface area contributed by atoms with Crippen LogP contribution in [0.25, 0.3) is 0 Å². The molecule has 0 aliphatic heterocycles. The van der Waals surface area contributed by atoms with Gasteiger partial charge in [-0.3, -0.25) is 4.68 Å². The molecule has 0 radical (unpaired) electrons. The second-order valence-corrected chi connectivity index (χ2v) is 2.98. The minimum Gasteiger partial charge on any atom is -0.338 e. The number of rotatable bonds is 2. The number of aryl methyl sites for hydroxylation is 1. The Bertz CT molecular complexity index is 237. The number of nitrogens with zero attached hydrogens (tertiary/aromatic N) is 2. The van der Waals surface area contributed by atoms with Gasteiger partial charge in [-0.15, -0.1) is 0 Å². The minimum atomic E-state index is 0.452. The summed E-state index contributed by atoms with van der Waals surface area (Å²) in [5, 5.41) is 0. The second kappa shape index (κ2) is 2.95. The monoisotopic (exact) mass is 153 g/mol. The van der Waals surface area contributed by atoms with Crippen LogP contribution < -0.4 is 5.84 Å². The summed E-state index contributed by atoms with van der Waals surface area (Å²) in [6.07, 6.45) is 2.74. The third-order valence-corrected chi connectivity index (χ3v) is 1.81. The number of hydrogen-bond acceptors (Lipinski definition) is 2. The molecule has 0 saturated carbocycles. The van der Waals surface area contributed by atoms with Gasteiger partial charge < -0.3 is 5.84 Å². The van der Waals surface area contributed by atoms with Crippen molar-refractivity contribution in [3.05, 3.63) is 17.7 Å². The van der Waals surface area contributed by atoms with E-state index < -0.39 is 0 Å². The lowest BCUT2D eigenvalue weighted by molar-refractivity contribution is 0.741. The van der Waals surface area contributed by atoms with Gasteiger partial charge in [-0.2, -0.15) is 0 Å². The molecule has 3 heteroatoms. The molecule has 1 heterocycles. The van der Waals surface area contributed by atoms with Crippen LogP contribution in [-0.2, 0) is 6.42 Å². The van der Waals surface area contributed by atoms with Gasteiger partial charge in [-0.1, -0.05) is 20.8 Å². The Morgan fingerprint density at radius 3 is 2.55 bits per heavy atom. The van der Waals surface area contributed by atoms with Crippen molar-refractivity contribution in [2.24, 2.45) is 0 Å². The Morgan fingerprint density at radius 2 is 2.27 bits per heavy atom. The fourth-order valence-corrected chi connectivity index (χ4v) is 1.10. The Hall–Kier alpha value is -0.990. The molecule has 0 unspecified atom stereocenters. The summed E-state index contributed by atoms with van der Waals surface area (Å²) in [6.45, 7) is 6.27. The first kappa shape index (κ1) is 8.11. The van der Waals surface area contributed by atoms with Crippen LogP contribution in [0.1, 0.15) is 38.2 Å². The van der Waals surface area contributed by atoms with Gasteiger partial charge in [0.15, 0.2) is 0 Å². The first-order chi connectivity index (χ1) is 5.16. The fourth-order valence-electron chi connectivity index (χ4n) is 1.10. The van der Waals surface area contributed by atoms with E-state index in [-0.39, 0.29) is 0 Å². The van der Waals surface area contributed by atoms with Crippen LogP contribution >= 0.6 is 0 Å². The second-order valence-electron chi connectivity index (χ2n) is 2.98. The summed E-state index contributed by atoms with van der Waals surface area (Å²) in [5.41, 5.74) is 1.10. The molecule has 11 heavy (non-hydrogen) atoms. The number of nitrogen functional groups attached to an aromatic ring is 1. The van der Waals surface area contributed by atoms with Crippen LogP contribution in [0, 0.1) is 0 Å². The summed E-state index contributed by atoms with van der Waals surface area (Å²) in [5.74, 6) is 7.17. The van der Waals surface area contributed by atoms with Crippen molar-refractivity contribution in [3.63, 3.8) is 0 Å². The molecular formula is C8H15N3. The summed E-state index contributed by atoms with van der Waals surface area (Å²) >= 11 is 0. The lowest BCUT2D eigenvalue weighted by Crippen LogP contribution is -2.16. The van der Waals surface area contributed by atoms with Crippen LogP contribution in [-0.4, -0.2) is 9.66 Å². The van der Waals surface area contributed by atoms with E-state index in [0.29, 0.717) is 5.92 Å². The zero-order chi connectivity index (χ0) is 8.43. The highest BCUT2D eigenvalue weighted by molar-refractivity contribution is 5.09. The van der Waals surface area contributed by atoms with E-state index in [2.05, 4.69) is 25.8 Å². The molecule has 0 aliphatic rings. The lowest BCUT2D eigenvalue weighted by atomic mass is 10.1. The molecule has 0 atom stereocenters. The van der Waals surface area contributed by atoms with Crippen molar-refractivity contribution in [2.45, 2.75) is 33.1 Å². The maximum absolute atomic E-state index is 5.77. The Morgan fingerprint density at radius 1 is 1.64 bits per heavy atom. The molecule has 1 aromatic heterocycles. The zero-order valence-corrected chi connectivity index (χ0v) is 7.33. The maximum Gasteiger partial charge on any atom is 0.127 e. The molecule has 0 saturated heterocycles. The Kier molecular flexibility index (Phi) is 2.17. The first-order valence-electron chi connectivity index (χ1n) is 3.98. The maximum atomic E-state index is 5.77. The number of aromatic nitrogens is 2. The van der Waals surface area contributed by atoms with Gasteiger partial charge in [0.1, 0.15) is 5.82 Å². The Labute approximate surface area is 67.2 Å². The average Bonchev–Trinajstić information content (AvgIpc) is 2.30. The largest absolute Gasteiger partial charge is 0.338 e. The molecule has 0 spiro atoms. The number of imidazole rings is 1. The van der Waals surface area contributed by atoms with E-state index in [0.717, 1.165) is 17.9 Å². The SMILES string of the molecule is CCc1ncc(C(C)C)n1N. The smallest absolute Gasteiger partial charge is 0.127 e. The minimum absolute atomic E-state index is 0.452. The molecule has 0 aliphatic carbocycles. The molecule has 1 rings (SSSR count). The van der Waals surface area contributed by atoms with E-state index in [1.165, 1.54) is 0 Å². The van der Waals surface area contributed by atoms with Crippen molar-refractivity contribution in [3.8, 4) is 0 Å². The van der Waals surface area contributed by atoms with Crippen molar-refractivity contribution >= 4 is 0 Å². The van der Waals surface area contributed by atoms with E-state index in [1.807, 2.05) is 6.20 Å². The van der Waals surface area contributed by atoms with Crippen molar-refractivity contribution in [1.82, 2.24) is 9.66 Å². The molecule has 1 aromatic rings. The third kappa shape index (κ3) is 1.37. The molecule has 0 bridgehead atoms. The van der Waals surface area contributed by atoms with Gasteiger partial charge in [-0.25, -0.2) is 4.98 Å². The summed E-state index contributed by atoms with van der Waals surface area (Å²) in [7, 11) is 0. The van der Waals surface area contributed by atoms with E-state index >= 15 is 0 Å². The molecule has 0 fully saturated rings. The topological polar surface area (TPSA) is 43.8 Å². The van der Waals surface area contributed by atoms with Gasteiger partial charge in [0.05, 0.1) is 11.9 Å². The molecule has 3 nitrogen and oxygen atoms in total. The van der Waals surface area contributed by atoms with E-state index in [1.54, 1.807) is 4.68 Å². The average molecular weight is 153 g/mol. The van der Waals surface area contributed by atoms with E-state index in [9.17, 15) is 0 Å². The lowest BCUT2D eigenvalue weighted by Gasteiger charge is -2.06. The zero-order valence-electron chi connectivity index (χ0n) is 7.33. The molecular weight excluding hydrogens is 138 g/mol. The molecule has 2 N–H and O–H groups in total. The summed E-state index contributed by atoms with van der Waals surface area (Å²) in [4.78, 5) is 4.19. The normalized spacial score (nSPS) is 10.9. The van der Waals surface area contributed by atoms with Crippen molar-refractivity contribution < 1.29 is 0 Å². The molecule has 0 aromatic carbocycles. The van der Waals surface area contributed by atoms with Gasteiger partial charge >= 0.3 is 0 Å². The highest BCUT2D eigenvalue weighted by Crippen LogP contribution is 2.13. The highest BCUT2D eigenvalue weighted by Gasteiger charge is 2.07. The van der Waals surface area contributed by atoms with Crippen LogP contribution in [0.15, 0.2) is 6.20 Å². The molecule has 0 amide bonds. The predicted molar refractivity (Wildman–Crippen MR) is 45.8 cm³/mol. The van der Waals surface area contributed by atoms with Gasteiger partial charge in [-0.05, 0) is 5.92 Å². The van der Waals surface area contributed by atoms with Crippen molar-refractivity contribution in [2.75, 3.05) is 5.84 Å². The predicted octanol–water partition coefficient (Wildman–Crippen LogP) is 1.28. The van der Waals surface area contributed by atoms with Crippen LogP contribution in [0.2, 0.25) is 0 Å². The van der Waals surface area contributed by atoms with E-state index in [4.69, 9.17) is 5.84 Å². The molecule has 62 valence electrons. The third-order valence-electron chi connectivity index (χ3n) is 1.81. The van der Waals surface area contributed by atoms with Crippen LogP contribution in [0.5, 0.6) is 0 Å². The number of hydrogen-bond donors (Lipinski definition) is 1.